The third-order valence-corrected chi connectivity index (χ3v) is 6.08. The lowest BCUT2D eigenvalue weighted by atomic mass is 9.85. The minimum atomic E-state index is -3.76. The van der Waals surface area contributed by atoms with Crippen LogP contribution in [0.4, 0.5) is 11.4 Å². The van der Waals surface area contributed by atoms with Gasteiger partial charge in [-0.3, -0.25) is 9.52 Å². The molecule has 1 fully saturated rings. The average molecular weight is 388 g/mol. The average Bonchev–Trinajstić information content (AvgIpc) is 2.61. The van der Waals surface area contributed by atoms with Gasteiger partial charge in [0.25, 0.3) is 10.0 Å². The number of hydrogen-bond acceptors (Lipinski definition) is 5. The van der Waals surface area contributed by atoms with Crippen molar-refractivity contribution in [3.63, 3.8) is 0 Å². The molecule has 0 aromatic heterocycles. The predicted octanol–water partition coefficient (Wildman–Crippen LogP) is 3.00. The van der Waals surface area contributed by atoms with Crippen molar-refractivity contribution in [2.75, 3.05) is 23.3 Å². The molecule has 4 rings (SSSR count). The summed E-state index contributed by atoms with van der Waals surface area (Å²) in [5, 5.41) is 2.85. The maximum atomic E-state index is 12.6. The van der Waals surface area contributed by atoms with Gasteiger partial charge in [-0.15, -0.1) is 0 Å². The first kappa shape index (κ1) is 17.7. The van der Waals surface area contributed by atoms with Crippen LogP contribution in [0.1, 0.15) is 19.3 Å². The smallest absolute Gasteiger partial charge is 0.262 e. The van der Waals surface area contributed by atoms with E-state index >= 15 is 0 Å². The van der Waals surface area contributed by atoms with E-state index in [0.29, 0.717) is 36.1 Å². The molecule has 1 amide bonds. The van der Waals surface area contributed by atoms with Crippen molar-refractivity contribution in [2.24, 2.45) is 5.92 Å². The molecule has 8 heteroatoms. The van der Waals surface area contributed by atoms with Gasteiger partial charge >= 0.3 is 0 Å². The van der Waals surface area contributed by atoms with Crippen LogP contribution in [0.3, 0.4) is 0 Å². The van der Waals surface area contributed by atoms with Crippen LogP contribution in [0, 0.1) is 5.92 Å². The second kappa shape index (κ2) is 7.11. The molecular formula is C19H20N2O5S. The summed E-state index contributed by atoms with van der Waals surface area (Å²) in [7, 11) is -3.76. The van der Waals surface area contributed by atoms with Crippen LogP contribution < -0.4 is 19.5 Å². The van der Waals surface area contributed by atoms with Gasteiger partial charge in [0, 0.05) is 23.4 Å². The largest absolute Gasteiger partial charge is 0.486 e. The van der Waals surface area contributed by atoms with Gasteiger partial charge in [0.1, 0.15) is 13.2 Å². The normalized spacial score (nSPS) is 16.3. The lowest BCUT2D eigenvalue weighted by Gasteiger charge is -2.24. The summed E-state index contributed by atoms with van der Waals surface area (Å²) in [6.07, 6.45) is 2.96. The van der Waals surface area contributed by atoms with E-state index in [9.17, 15) is 13.2 Å². The van der Waals surface area contributed by atoms with Crippen molar-refractivity contribution < 1.29 is 22.7 Å². The van der Waals surface area contributed by atoms with Gasteiger partial charge < -0.3 is 14.8 Å². The van der Waals surface area contributed by atoms with E-state index in [1.54, 1.807) is 30.3 Å². The molecule has 0 spiro atoms. The molecule has 27 heavy (non-hydrogen) atoms. The van der Waals surface area contributed by atoms with E-state index in [4.69, 9.17) is 9.47 Å². The minimum absolute atomic E-state index is 0.0193. The van der Waals surface area contributed by atoms with Crippen LogP contribution >= 0.6 is 0 Å². The molecule has 1 aliphatic carbocycles. The molecular weight excluding hydrogens is 368 g/mol. The van der Waals surface area contributed by atoms with E-state index in [2.05, 4.69) is 10.0 Å². The number of rotatable bonds is 5. The van der Waals surface area contributed by atoms with Crippen molar-refractivity contribution in [1.29, 1.82) is 0 Å². The maximum Gasteiger partial charge on any atom is 0.262 e. The number of carbonyl (C=O) groups excluding carboxylic acids is 1. The lowest BCUT2D eigenvalue weighted by Crippen LogP contribution is -2.27. The van der Waals surface area contributed by atoms with Crippen LogP contribution in [-0.4, -0.2) is 27.5 Å². The summed E-state index contributed by atoms with van der Waals surface area (Å²) < 4.78 is 38.6. The van der Waals surface area contributed by atoms with Crippen molar-refractivity contribution in [3.8, 4) is 11.5 Å². The monoisotopic (exact) mass is 388 g/mol. The highest BCUT2D eigenvalue weighted by Gasteiger charge is 2.25. The molecule has 0 saturated heterocycles. The highest BCUT2D eigenvalue weighted by Crippen LogP contribution is 2.33. The van der Waals surface area contributed by atoms with E-state index < -0.39 is 10.0 Å². The van der Waals surface area contributed by atoms with E-state index in [1.165, 1.54) is 12.1 Å². The van der Waals surface area contributed by atoms with Gasteiger partial charge in [0.2, 0.25) is 5.91 Å². The van der Waals surface area contributed by atoms with Crippen molar-refractivity contribution >= 4 is 27.3 Å². The highest BCUT2D eigenvalue weighted by atomic mass is 32.2. The molecule has 0 bridgehead atoms. The third-order valence-electron chi connectivity index (χ3n) is 4.70. The summed E-state index contributed by atoms with van der Waals surface area (Å²) in [6, 6.07) is 11.1. The molecule has 1 heterocycles. The lowest BCUT2D eigenvalue weighted by molar-refractivity contribution is -0.122. The fraction of sp³-hybridized carbons (Fsp3) is 0.316. The Morgan fingerprint density at radius 1 is 0.926 bits per heavy atom. The van der Waals surface area contributed by atoms with Crippen LogP contribution in [0.2, 0.25) is 0 Å². The van der Waals surface area contributed by atoms with Gasteiger partial charge in [-0.05, 0) is 49.2 Å². The van der Waals surface area contributed by atoms with Crippen molar-refractivity contribution in [2.45, 2.75) is 24.2 Å². The molecule has 2 N–H and O–H groups in total. The standard InChI is InChI=1S/C19H20N2O5S/c22-19(13-2-1-3-13)20-14-4-6-15(7-5-14)21-27(23,24)16-8-9-17-18(12-16)26-11-10-25-17/h4-9,12-13,21H,1-3,10-11H2,(H,20,22). The first-order chi connectivity index (χ1) is 13.0. The number of fused-ring (bicyclic) bond motifs is 1. The Bertz CT molecular complexity index is 953. The molecule has 2 aromatic carbocycles. The summed E-state index contributed by atoms with van der Waals surface area (Å²) in [6.45, 7) is 0.832. The Morgan fingerprint density at radius 2 is 1.59 bits per heavy atom. The SMILES string of the molecule is O=C(Nc1ccc(NS(=O)(=O)c2ccc3c(c2)OCCO3)cc1)C1CCC1. The minimum Gasteiger partial charge on any atom is -0.486 e. The summed E-state index contributed by atoms with van der Waals surface area (Å²) in [5.74, 6) is 1.06. The molecule has 1 aliphatic heterocycles. The second-order valence-electron chi connectivity index (χ2n) is 6.61. The second-order valence-corrected chi connectivity index (χ2v) is 8.29. The van der Waals surface area contributed by atoms with E-state index in [1.807, 2.05) is 0 Å². The van der Waals surface area contributed by atoms with Gasteiger partial charge in [-0.25, -0.2) is 8.42 Å². The zero-order valence-corrected chi connectivity index (χ0v) is 15.4. The maximum absolute atomic E-state index is 12.6. The van der Waals surface area contributed by atoms with Gasteiger partial charge in [0.05, 0.1) is 4.90 Å². The quantitative estimate of drug-likeness (QED) is 0.821. The Balaban J connectivity index is 1.45. The number of hydrogen-bond donors (Lipinski definition) is 2. The molecule has 0 unspecified atom stereocenters. The highest BCUT2D eigenvalue weighted by molar-refractivity contribution is 7.92. The summed E-state index contributed by atoms with van der Waals surface area (Å²) in [5.41, 5.74) is 1.06. The fourth-order valence-electron chi connectivity index (χ4n) is 2.94. The van der Waals surface area contributed by atoms with Crippen molar-refractivity contribution in [1.82, 2.24) is 0 Å². The van der Waals surface area contributed by atoms with Gasteiger partial charge in [-0.1, -0.05) is 6.42 Å². The first-order valence-corrected chi connectivity index (χ1v) is 10.3. The summed E-state index contributed by atoms with van der Waals surface area (Å²) >= 11 is 0. The van der Waals surface area contributed by atoms with Gasteiger partial charge in [-0.2, -0.15) is 0 Å². The Kier molecular flexibility index (Phi) is 4.65. The number of carbonyl (C=O) groups is 1. The molecule has 0 atom stereocenters. The number of nitrogens with one attached hydrogen (secondary N) is 2. The van der Waals surface area contributed by atoms with Crippen LogP contribution in [-0.2, 0) is 14.8 Å². The number of sulfonamides is 1. The van der Waals surface area contributed by atoms with Gasteiger partial charge in [0.15, 0.2) is 11.5 Å². The summed E-state index contributed by atoms with van der Waals surface area (Å²) in [4.78, 5) is 12.1. The molecule has 1 saturated carbocycles. The fourth-order valence-corrected chi connectivity index (χ4v) is 4.01. The Hall–Kier alpha value is -2.74. The Morgan fingerprint density at radius 3 is 2.26 bits per heavy atom. The van der Waals surface area contributed by atoms with E-state index in [0.717, 1.165) is 19.3 Å². The van der Waals surface area contributed by atoms with Crippen LogP contribution in [0.15, 0.2) is 47.4 Å². The topological polar surface area (TPSA) is 93.7 Å². The zero-order chi connectivity index (χ0) is 18.9. The molecule has 7 nitrogen and oxygen atoms in total. The first-order valence-electron chi connectivity index (χ1n) is 8.85. The predicted molar refractivity (Wildman–Crippen MR) is 101 cm³/mol. The molecule has 142 valence electrons. The zero-order valence-electron chi connectivity index (χ0n) is 14.6. The third kappa shape index (κ3) is 3.85. The molecule has 2 aliphatic rings. The molecule has 0 radical (unpaired) electrons. The number of amides is 1. The van der Waals surface area contributed by atoms with Crippen LogP contribution in [0.5, 0.6) is 11.5 Å². The molecule has 2 aromatic rings. The van der Waals surface area contributed by atoms with Crippen molar-refractivity contribution in [3.05, 3.63) is 42.5 Å². The van der Waals surface area contributed by atoms with Crippen LogP contribution in [0.25, 0.3) is 0 Å². The number of benzene rings is 2. The Labute approximate surface area is 157 Å². The van der Waals surface area contributed by atoms with E-state index in [-0.39, 0.29) is 16.7 Å². The number of anilines is 2. The number of ether oxygens (including phenoxy) is 2.